The molecule has 7 nitrogen and oxygen atoms in total. The van der Waals surface area contributed by atoms with Gasteiger partial charge in [0, 0.05) is 0 Å². The van der Waals surface area contributed by atoms with Crippen LogP contribution in [-0.4, -0.2) is 23.0 Å². The van der Waals surface area contributed by atoms with Gasteiger partial charge in [-0.3, -0.25) is 20.8 Å². The monoisotopic (exact) mass is 170 g/mol. The molecule has 0 aromatic rings. The smallest absolute Gasteiger partial charge is 0.870 e. The molecule has 0 heterocycles. The summed E-state index contributed by atoms with van der Waals surface area (Å²) in [5.41, 5.74) is 0. The summed E-state index contributed by atoms with van der Waals surface area (Å²) in [6.07, 6.45) is 0. The molecule has 9 heavy (non-hydrogen) atoms. The second-order valence-electron chi connectivity index (χ2n) is 0.448. The quantitative estimate of drug-likeness (QED) is 0.123. The zero-order valence-corrected chi connectivity index (χ0v) is 7.54. The zero-order chi connectivity index (χ0) is 6.50. The predicted octanol–water partition coefficient (Wildman–Crippen LogP) is -5.01. The van der Waals surface area contributed by atoms with Gasteiger partial charge in [0.1, 0.15) is 0 Å². The van der Waals surface area contributed by atoms with Crippen LogP contribution >= 0.6 is 0 Å². The molecule has 0 unspecified atom stereocenters. The first-order valence-electron chi connectivity index (χ1n) is 1.03. The van der Waals surface area contributed by atoms with Crippen LogP contribution in [0.3, 0.4) is 0 Å². The van der Waals surface area contributed by atoms with Crippen molar-refractivity contribution in [2.45, 2.75) is 0 Å². The number of hydrazine groups is 1. The summed E-state index contributed by atoms with van der Waals surface area (Å²) in [6.45, 7) is 0. The van der Waals surface area contributed by atoms with E-state index in [2.05, 4.69) is 11.7 Å². The fourth-order valence-electron chi connectivity index (χ4n) is 0. The van der Waals surface area contributed by atoms with E-state index in [1.165, 1.54) is 0 Å². The minimum Gasteiger partial charge on any atom is -0.870 e. The van der Waals surface area contributed by atoms with Crippen molar-refractivity contribution in [1.82, 2.24) is 0 Å². The van der Waals surface area contributed by atoms with E-state index in [4.69, 9.17) is 17.5 Å². The van der Waals surface area contributed by atoms with Gasteiger partial charge in [-0.25, -0.2) is 0 Å². The van der Waals surface area contributed by atoms with Crippen LogP contribution in [-0.2, 0) is 10.4 Å². The first kappa shape index (κ1) is 22.6. The van der Waals surface area contributed by atoms with Gasteiger partial charge in [0.05, 0.1) is 0 Å². The standard InChI is InChI=1S/H4N2.Na.H2O4S.H2O/c1-2;;1-5(2,3)4;/h1-2H2;;(H2,1,2,3,4);1H2/q;+1;;/p-1. The molecule has 0 aromatic heterocycles. The van der Waals surface area contributed by atoms with Gasteiger partial charge >= 0.3 is 40.0 Å². The Hall–Kier alpha value is 0.750. The molecule has 54 valence electrons. The molecule has 0 spiro atoms. The van der Waals surface area contributed by atoms with Crippen LogP contribution in [0, 0.1) is 0 Å². The average Bonchev–Trinajstić information content (AvgIpc) is 1.36. The topological polar surface area (TPSA) is 157 Å². The van der Waals surface area contributed by atoms with Crippen LogP contribution < -0.4 is 41.2 Å². The summed E-state index contributed by atoms with van der Waals surface area (Å²) >= 11 is 0. The van der Waals surface area contributed by atoms with Crippen molar-refractivity contribution in [2.24, 2.45) is 11.7 Å². The Bertz CT molecular complexity index is 98.1. The molecular weight excluding hydrogens is 163 g/mol. The maximum absolute atomic E-state index is 8.74. The minimum atomic E-state index is -4.67. The Balaban J connectivity index is -0.0000000286. The second kappa shape index (κ2) is 11.5. The van der Waals surface area contributed by atoms with Gasteiger partial charge in [-0.15, -0.1) is 0 Å². The molecular formula is H7N2NaO5S. The van der Waals surface area contributed by atoms with Crippen LogP contribution in [0.1, 0.15) is 0 Å². The first-order valence-corrected chi connectivity index (χ1v) is 2.43. The van der Waals surface area contributed by atoms with Gasteiger partial charge in [0.25, 0.3) is 0 Å². The van der Waals surface area contributed by atoms with Gasteiger partial charge in [-0.2, -0.15) is 8.42 Å². The van der Waals surface area contributed by atoms with E-state index in [9.17, 15) is 0 Å². The molecule has 0 fully saturated rings. The fourth-order valence-corrected chi connectivity index (χ4v) is 0. The van der Waals surface area contributed by atoms with Crippen LogP contribution in [0.25, 0.3) is 0 Å². The largest absolute Gasteiger partial charge is 1.00 e. The summed E-state index contributed by atoms with van der Waals surface area (Å²) in [4.78, 5) is 0. The van der Waals surface area contributed by atoms with E-state index < -0.39 is 10.4 Å². The summed E-state index contributed by atoms with van der Waals surface area (Å²) in [7, 11) is -4.67. The normalized spacial score (nSPS) is 7.11. The van der Waals surface area contributed by atoms with Crippen molar-refractivity contribution in [2.75, 3.05) is 0 Å². The molecule has 0 aliphatic carbocycles. The molecule has 0 aliphatic rings. The third-order valence-corrected chi connectivity index (χ3v) is 0. The van der Waals surface area contributed by atoms with E-state index in [-0.39, 0.29) is 35.0 Å². The molecule has 0 saturated heterocycles. The number of hydrogen-bond acceptors (Lipinski definition) is 5. The molecule has 0 rings (SSSR count). The van der Waals surface area contributed by atoms with Crippen molar-refractivity contribution in [3.63, 3.8) is 0 Å². The van der Waals surface area contributed by atoms with Crippen LogP contribution in [0.2, 0.25) is 0 Å². The molecule has 0 radical (unpaired) electrons. The predicted molar refractivity (Wildman–Crippen MR) is 24.5 cm³/mol. The van der Waals surface area contributed by atoms with Gasteiger partial charge in [0.2, 0.25) is 0 Å². The van der Waals surface area contributed by atoms with E-state index in [1.54, 1.807) is 0 Å². The SMILES string of the molecule is NN.O=S(=O)(O)O.[Na+].[OH-]. The van der Waals surface area contributed by atoms with Gasteiger partial charge in [-0.05, 0) is 0 Å². The van der Waals surface area contributed by atoms with E-state index >= 15 is 0 Å². The van der Waals surface area contributed by atoms with Crippen LogP contribution in [0.15, 0.2) is 0 Å². The Morgan fingerprint density at radius 3 is 1.11 bits per heavy atom. The van der Waals surface area contributed by atoms with Crippen molar-refractivity contribution in [3.8, 4) is 0 Å². The second-order valence-corrected chi connectivity index (χ2v) is 1.34. The fraction of sp³-hybridized carbons (Fsp3) is 0. The summed E-state index contributed by atoms with van der Waals surface area (Å²) < 4.78 is 31.6. The van der Waals surface area contributed by atoms with Crippen LogP contribution in [0.5, 0.6) is 0 Å². The van der Waals surface area contributed by atoms with Crippen molar-refractivity contribution < 1.29 is 52.6 Å². The summed E-state index contributed by atoms with van der Waals surface area (Å²) in [5, 5.41) is 0. The molecule has 0 aliphatic heterocycles. The average molecular weight is 170 g/mol. The third kappa shape index (κ3) is 709. The van der Waals surface area contributed by atoms with Crippen molar-refractivity contribution in [1.29, 1.82) is 0 Å². The van der Waals surface area contributed by atoms with Gasteiger partial charge in [-0.1, -0.05) is 0 Å². The van der Waals surface area contributed by atoms with Gasteiger partial charge < -0.3 is 5.48 Å². The van der Waals surface area contributed by atoms with Crippen molar-refractivity contribution in [3.05, 3.63) is 0 Å². The Morgan fingerprint density at radius 2 is 1.11 bits per heavy atom. The molecule has 9 heteroatoms. The maximum atomic E-state index is 8.74. The van der Waals surface area contributed by atoms with Crippen LogP contribution in [0.4, 0.5) is 0 Å². The van der Waals surface area contributed by atoms with E-state index in [1.807, 2.05) is 0 Å². The van der Waals surface area contributed by atoms with E-state index in [0.29, 0.717) is 0 Å². The third-order valence-electron chi connectivity index (χ3n) is 0. The molecule has 0 atom stereocenters. The summed E-state index contributed by atoms with van der Waals surface area (Å²) in [5.74, 6) is 8.00. The Kier molecular flexibility index (Phi) is 28.9. The number of nitrogens with two attached hydrogens (primary N) is 2. The maximum Gasteiger partial charge on any atom is 1.00 e. The molecule has 0 aromatic carbocycles. The molecule has 0 bridgehead atoms. The minimum absolute atomic E-state index is 0. The molecule has 7 N–H and O–H groups in total. The zero-order valence-electron chi connectivity index (χ0n) is 4.72. The van der Waals surface area contributed by atoms with E-state index in [0.717, 1.165) is 0 Å². The number of rotatable bonds is 0. The Labute approximate surface area is 74.6 Å². The van der Waals surface area contributed by atoms with Crippen molar-refractivity contribution >= 4 is 10.4 Å². The van der Waals surface area contributed by atoms with Gasteiger partial charge in [0.15, 0.2) is 0 Å². The summed E-state index contributed by atoms with van der Waals surface area (Å²) in [6, 6.07) is 0. The first-order chi connectivity index (χ1) is 3.00. The molecule has 0 saturated carbocycles. The Morgan fingerprint density at radius 1 is 1.11 bits per heavy atom. The molecule has 0 amide bonds. The number of hydrogen-bond donors (Lipinski definition) is 4.